The first-order valence-corrected chi connectivity index (χ1v) is 14.4. The quantitative estimate of drug-likeness (QED) is 0.255. The molecular formula is C30H32N8O3S. The number of carbonyl (C=O) groups excluding carboxylic acids is 1. The lowest BCUT2D eigenvalue weighted by atomic mass is 9.87. The standard InChI is InChI=1S/C30H32N8O3S/c1-40-29-5-2-19(12-34-29)15-37-22-8-23(37)17-36(16-22)28-4-3-20(13-33-28)26-9-24(41-7-6-25(42)10-27(32)39)18-38-30(26)21(11-31)14-35-38/h2-5,9,12-14,18,22-23,25,42H,6-8,10,15-17H2,1H3,(H2,32,39). The van der Waals surface area contributed by atoms with Crippen LogP contribution in [0.5, 0.6) is 11.6 Å². The van der Waals surface area contributed by atoms with Crippen molar-refractivity contribution in [3.63, 3.8) is 0 Å². The Morgan fingerprint density at radius 3 is 2.69 bits per heavy atom. The number of thiol groups is 1. The third-order valence-corrected chi connectivity index (χ3v) is 8.40. The van der Waals surface area contributed by atoms with Gasteiger partial charge in [-0.2, -0.15) is 23.0 Å². The van der Waals surface area contributed by atoms with Crippen molar-refractivity contribution in [2.75, 3.05) is 31.7 Å². The summed E-state index contributed by atoms with van der Waals surface area (Å²) in [4.78, 5) is 25.2. The monoisotopic (exact) mass is 584 g/mol. The number of carbonyl (C=O) groups is 1. The van der Waals surface area contributed by atoms with E-state index in [2.05, 4.69) is 44.6 Å². The summed E-state index contributed by atoms with van der Waals surface area (Å²) in [5.74, 6) is 1.77. The second kappa shape index (κ2) is 11.9. The smallest absolute Gasteiger partial charge is 0.218 e. The van der Waals surface area contributed by atoms with Crippen molar-refractivity contribution in [2.24, 2.45) is 5.73 Å². The number of anilines is 1. The molecule has 7 heterocycles. The van der Waals surface area contributed by atoms with Gasteiger partial charge in [0, 0.05) is 73.0 Å². The molecule has 3 aliphatic rings. The number of nitriles is 1. The number of primary amides is 1. The molecule has 0 spiro atoms. The Labute approximate surface area is 249 Å². The van der Waals surface area contributed by atoms with E-state index in [0.717, 1.165) is 36.6 Å². The van der Waals surface area contributed by atoms with E-state index in [1.165, 1.54) is 12.0 Å². The second-order valence-electron chi connectivity index (χ2n) is 10.7. The highest BCUT2D eigenvalue weighted by Gasteiger charge is 2.44. The molecule has 4 aromatic heterocycles. The largest absolute Gasteiger partial charge is 0.492 e. The highest BCUT2D eigenvalue weighted by Crippen LogP contribution is 2.36. The van der Waals surface area contributed by atoms with E-state index in [1.54, 1.807) is 24.0 Å². The van der Waals surface area contributed by atoms with Crippen molar-refractivity contribution in [1.82, 2.24) is 24.5 Å². The Kier molecular flexibility index (Phi) is 7.86. The van der Waals surface area contributed by atoms with Crippen LogP contribution < -0.4 is 20.1 Å². The predicted molar refractivity (Wildman–Crippen MR) is 161 cm³/mol. The van der Waals surface area contributed by atoms with Crippen molar-refractivity contribution in [2.45, 2.75) is 43.1 Å². The molecule has 11 nitrogen and oxygen atoms in total. The number of hydrogen-bond donors (Lipinski definition) is 2. The minimum Gasteiger partial charge on any atom is -0.492 e. The topological polar surface area (TPSA) is 135 Å². The van der Waals surface area contributed by atoms with E-state index in [-0.39, 0.29) is 17.6 Å². The van der Waals surface area contributed by atoms with E-state index in [1.807, 2.05) is 36.7 Å². The average molecular weight is 585 g/mol. The highest BCUT2D eigenvalue weighted by atomic mass is 32.1. The molecule has 0 saturated carbocycles. The molecule has 3 aliphatic heterocycles. The molecule has 4 aromatic rings. The Morgan fingerprint density at radius 2 is 2.02 bits per heavy atom. The Bertz CT molecular complexity index is 1610. The fourth-order valence-corrected chi connectivity index (χ4v) is 6.11. The SMILES string of the molecule is COc1ccc(CN2C3CC2CN(c2ccc(-c4cc(OCCC(S)CC(N)=O)cn5ncc(C#N)c45)cn2)C3)cn1. The number of nitrogens with two attached hydrogens (primary N) is 1. The molecule has 3 atom stereocenters. The number of aromatic nitrogens is 4. The van der Waals surface area contributed by atoms with E-state index >= 15 is 0 Å². The summed E-state index contributed by atoms with van der Waals surface area (Å²) in [7, 11) is 1.63. The van der Waals surface area contributed by atoms with Gasteiger partial charge in [0.15, 0.2) is 0 Å². The zero-order chi connectivity index (χ0) is 29.2. The molecular weight excluding hydrogens is 552 g/mol. The van der Waals surface area contributed by atoms with E-state index < -0.39 is 0 Å². The lowest BCUT2D eigenvalue weighted by Gasteiger charge is -2.56. The number of piperidine rings is 1. The predicted octanol–water partition coefficient (Wildman–Crippen LogP) is 3.08. The number of fused-ring (bicyclic) bond motifs is 3. The number of piperazine rings is 1. The third kappa shape index (κ3) is 5.70. The van der Waals surface area contributed by atoms with Crippen molar-refractivity contribution >= 4 is 29.9 Å². The van der Waals surface area contributed by atoms with Crippen LogP contribution in [0.25, 0.3) is 16.6 Å². The minimum absolute atomic E-state index is 0.176. The van der Waals surface area contributed by atoms with Gasteiger partial charge >= 0.3 is 0 Å². The third-order valence-electron chi connectivity index (χ3n) is 7.96. The van der Waals surface area contributed by atoms with Crippen LogP contribution in [0.3, 0.4) is 0 Å². The molecule has 0 aromatic carbocycles. The number of methoxy groups -OCH3 is 1. The van der Waals surface area contributed by atoms with Gasteiger partial charge in [0.2, 0.25) is 11.8 Å². The number of nitrogens with zero attached hydrogens (tertiary/aromatic N) is 7. The van der Waals surface area contributed by atoms with Crippen molar-refractivity contribution < 1.29 is 14.3 Å². The summed E-state index contributed by atoms with van der Waals surface area (Å²) in [6, 6.07) is 13.2. The van der Waals surface area contributed by atoms with Crippen LogP contribution in [0.4, 0.5) is 5.82 Å². The number of ether oxygens (including phenoxy) is 2. The molecule has 0 radical (unpaired) electrons. The first-order chi connectivity index (χ1) is 20.4. The second-order valence-corrected chi connectivity index (χ2v) is 11.5. The van der Waals surface area contributed by atoms with Gasteiger partial charge in [-0.1, -0.05) is 6.07 Å². The van der Waals surface area contributed by atoms with Crippen molar-refractivity contribution in [3.05, 3.63) is 66.2 Å². The van der Waals surface area contributed by atoms with Crippen LogP contribution in [0.2, 0.25) is 0 Å². The summed E-state index contributed by atoms with van der Waals surface area (Å²) in [5, 5.41) is 13.9. The minimum atomic E-state index is -0.389. The van der Waals surface area contributed by atoms with Crippen LogP contribution in [0.15, 0.2) is 55.1 Å². The van der Waals surface area contributed by atoms with Crippen LogP contribution >= 0.6 is 12.6 Å². The number of rotatable bonds is 11. The maximum atomic E-state index is 11.1. The number of hydrogen-bond acceptors (Lipinski definition) is 10. The Balaban J connectivity index is 1.15. The van der Waals surface area contributed by atoms with Crippen LogP contribution in [-0.2, 0) is 11.3 Å². The van der Waals surface area contributed by atoms with Gasteiger partial charge in [-0.05, 0) is 36.6 Å². The molecule has 42 heavy (non-hydrogen) atoms. The average Bonchev–Trinajstić information content (AvgIpc) is 3.42. The summed E-state index contributed by atoms with van der Waals surface area (Å²) in [6.07, 6.45) is 8.98. The van der Waals surface area contributed by atoms with Gasteiger partial charge < -0.3 is 20.1 Å². The summed E-state index contributed by atoms with van der Waals surface area (Å²) in [6.45, 7) is 3.08. The Hall–Kier alpha value is -4.34. The van der Waals surface area contributed by atoms with Crippen LogP contribution in [0, 0.1) is 11.3 Å². The van der Waals surface area contributed by atoms with Crippen molar-refractivity contribution in [3.8, 4) is 28.8 Å². The van der Waals surface area contributed by atoms with Gasteiger partial charge in [-0.25, -0.2) is 14.5 Å². The first-order valence-electron chi connectivity index (χ1n) is 13.9. The highest BCUT2D eigenvalue weighted by molar-refractivity contribution is 7.81. The summed E-state index contributed by atoms with van der Waals surface area (Å²) < 4.78 is 12.8. The van der Waals surface area contributed by atoms with Gasteiger partial charge in [0.05, 0.1) is 37.2 Å². The lowest BCUT2D eigenvalue weighted by Crippen LogP contribution is -2.68. The molecule has 3 unspecified atom stereocenters. The van der Waals surface area contributed by atoms with Gasteiger partial charge in [0.25, 0.3) is 0 Å². The molecule has 0 aliphatic carbocycles. The van der Waals surface area contributed by atoms with E-state index in [0.29, 0.717) is 47.8 Å². The molecule has 1 amide bonds. The summed E-state index contributed by atoms with van der Waals surface area (Å²) >= 11 is 4.41. The lowest BCUT2D eigenvalue weighted by molar-refractivity contribution is -0.118. The van der Waals surface area contributed by atoms with E-state index in [9.17, 15) is 10.1 Å². The zero-order valence-electron chi connectivity index (χ0n) is 23.3. The van der Waals surface area contributed by atoms with Crippen LogP contribution in [0.1, 0.15) is 30.4 Å². The Morgan fingerprint density at radius 1 is 1.19 bits per heavy atom. The molecule has 3 fully saturated rings. The molecule has 2 bridgehead atoms. The zero-order valence-corrected chi connectivity index (χ0v) is 24.2. The first kappa shape index (κ1) is 27.8. The van der Waals surface area contributed by atoms with Crippen LogP contribution in [-0.4, -0.2) is 74.5 Å². The van der Waals surface area contributed by atoms with Gasteiger partial charge in [0.1, 0.15) is 17.6 Å². The molecule has 2 N–H and O–H groups in total. The van der Waals surface area contributed by atoms with Crippen molar-refractivity contribution in [1.29, 1.82) is 5.26 Å². The maximum absolute atomic E-state index is 11.1. The molecule has 216 valence electrons. The van der Waals surface area contributed by atoms with Gasteiger partial charge in [-0.3, -0.25) is 9.69 Å². The molecule has 3 saturated heterocycles. The van der Waals surface area contributed by atoms with E-state index in [4.69, 9.17) is 20.2 Å². The van der Waals surface area contributed by atoms with Gasteiger partial charge in [-0.15, -0.1) is 0 Å². The fourth-order valence-electron chi connectivity index (χ4n) is 5.83. The fraction of sp³-hybridized carbons (Fsp3) is 0.367. The number of pyridine rings is 3. The number of amides is 1. The maximum Gasteiger partial charge on any atom is 0.218 e. The molecule has 12 heteroatoms. The molecule has 7 rings (SSSR count). The summed E-state index contributed by atoms with van der Waals surface area (Å²) in [5.41, 5.74) is 9.29. The normalized spacial score (nSPS) is 18.7.